The largest absolute Gasteiger partial charge is 0.342 e. The molecule has 2 heterocycles. The van der Waals surface area contributed by atoms with Crippen molar-refractivity contribution in [2.45, 2.75) is 0 Å². The number of hydrogen-bond donors (Lipinski definition) is 1. The highest BCUT2D eigenvalue weighted by molar-refractivity contribution is 7.14. The smallest absolute Gasteiger partial charge is 0.214 e. The van der Waals surface area contributed by atoms with Crippen LogP contribution < -0.4 is 5.43 Å². The molecule has 6 nitrogen and oxygen atoms in total. The van der Waals surface area contributed by atoms with E-state index in [9.17, 15) is 0 Å². The first-order chi connectivity index (χ1) is 12.4. The van der Waals surface area contributed by atoms with E-state index >= 15 is 0 Å². The molecule has 0 radical (unpaired) electrons. The number of anilines is 1. The molecule has 4 aromatic rings. The maximum absolute atomic E-state index is 4.74. The number of hydrazone groups is 1. The first-order valence-electron chi connectivity index (χ1n) is 7.55. The van der Waals surface area contributed by atoms with Crippen LogP contribution >= 0.6 is 11.3 Å². The molecule has 0 fully saturated rings. The van der Waals surface area contributed by atoms with Crippen LogP contribution in [0.5, 0.6) is 0 Å². The molecule has 0 saturated heterocycles. The number of benzene rings is 2. The first-order valence-corrected chi connectivity index (χ1v) is 8.43. The minimum atomic E-state index is 0.567. The molecular weight excluding hydrogens is 334 g/mol. The van der Waals surface area contributed by atoms with Gasteiger partial charge in [0.1, 0.15) is 0 Å². The van der Waals surface area contributed by atoms with Crippen molar-refractivity contribution in [1.82, 2.24) is 15.1 Å². The summed E-state index contributed by atoms with van der Waals surface area (Å²) in [5, 5.41) is 10.8. The minimum absolute atomic E-state index is 0.567. The Morgan fingerprint density at radius 3 is 2.60 bits per heavy atom. The van der Waals surface area contributed by atoms with Gasteiger partial charge >= 0.3 is 0 Å². The van der Waals surface area contributed by atoms with Crippen molar-refractivity contribution >= 4 is 22.7 Å². The van der Waals surface area contributed by atoms with Gasteiger partial charge in [-0.3, -0.25) is 5.43 Å². The molecule has 0 amide bonds. The van der Waals surface area contributed by atoms with E-state index in [4.69, 9.17) is 4.52 Å². The van der Waals surface area contributed by atoms with Crippen LogP contribution in [0.4, 0.5) is 5.13 Å². The maximum Gasteiger partial charge on any atom is 0.214 e. The average molecular weight is 347 g/mol. The van der Waals surface area contributed by atoms with Crippen LogP contribution in [-0.2, 0) is 0 Å². The molecule has 2 aromatic heterocycles. The van der Waals surface area contributed by atoms with Crippen LogP contribution in [0.15, 0.2) is 76.0 Å². The molecular formula is C18H13N5OS. The fourth-order valence-corrected chi connectivity index (χ4v) is 2.91. The van der Waals surface area contributed by atoms with Crippen molar-refractivity contribution in [3.8, 4) is 22.6 Å². The van der Waals surface area contributed by atoms with E-state index in [0.717, 1.165) is 27.5 Å². The summed E-state index contributed by atoms with van der Waals surface area (Å²) in [6.07, 6.45) is 3.05. The third-order valence-electron chi connectivity index (χ3n) is 3.48. The molecule has 0 aliphatic rings. The summed E-state index contributed by atoms with van der Waals surface area (Å²) in [6.45, 7) is 0. The molecule has 0 bridgehead atoms. The predicted molar refractivity (Wildman–Crippen MR) is 98.5 cm³/mol. The van der Waals surface area contributed by atoms with Crippen LogP contribution in [0.25, 0.3) is 22.6 Å². The Morgan fingerprint density at radius 2 is 1.84 bits per heavy atom. The lowest BCUT2D eigenvalue weighted by Gasteiger charge is -1.97. The lowest BCUT2D eigenvalue weighted by molar-refractivity contribution is 0.419. The van der Waals surface area contributed by atoms with E-state index in [0.29, 0.717) is 5.82 Å². The number of rotatable bonds is 5. The second kappa shape index (κ2) is 7.06. The number of aromatic nitrogens is 3. The van der Waals surface area contributed by atoms with Gasteiger partial charge in [-0.1, -0.05) is 59.8 Å². The zero-order valence-electron chi connectivity index (χ0n) is 13.0. The summed E-state index contributed by atoms with van der Waals surface area (Å²) in [7, 11) is 0. The summed E-state index contributed by atoms with van der Waals surface area (Å²) in [5.74, 6) is 0.567. The molecule has 25 heavy (non-hydrogen) atoms. The van der Waals surface area contributed by atoms with Crippen molar-refractivity contribution in [3.05, 3.63) is 71.9 Å². The minimum Gasteiger partial charge on any atom is -0.342 e. The van der Waals surface area contributed by atoms with Gasteiger partial charge in [0.05, 0.1) is 11.9 Å². The monoisotopic (exact) mass is 347 g/mol. The summed E-state index contributed by atoms with van der Waals surface area (Å²) >= 11 is 1.52. The lowest BCUT2D eigenvalue weighted by Crippen LogP contribution is -1.90. The Morgan fingerprint density at radius 1 is 1.00 bits per heavy atom. The molecule has 7 heteroatoms. The second-order valence-electron chi connectivity index (χ2n) is 5.15. The standard InChI is InChI=1S/C18H13N5OS/c1-2-4-14(5-3-1)16-11-25-18(21-16)22-20-10-13-6-8-15(9-7-13)17-19-12-24-23-17/h1-12H,(H,21,22). The summed E-state index contributed by atoms with van der Waals surface area (Å²) in [4.78, 5) is 8.54. The Hall–Kier alpha value is -3.32. The van der Waals surface area contributed by atoms with E-state index in [-0.39, 0.29) is 0 Å². The number of thiazole rings is 1. The van der Waals surface area contributed by atoms with Crippen molar-refractivity contribution in [2.75, 3.05) is 5.43 Å². The van der Waals surface area contributed by atoms with Crippen molar-refractivity contribution in [2.24, 2.45) is 5.10 Å². The summed E-state index contributed by atoms with van der Waals surface area (Å²) in [6, 6.07) is 17.8. The molecule has 1 N–H and O–H groups in total. The highest BCUT2D eigenvalue weighted by atomic mass is 32.1. The topological polar surface area (TPSA) is 76.2 Å². The molecule has 4 rings (SSSR count). The third-order valence-corrected chi connectivity index (χ3v) is 4.22. The predicted octanol–water partition coefficient (Wildman–Crippen LogP) is 4.31. The van der Waals surface area contributed by atoms with Gasteiger partial charge in [0.25, 0.3) is 0 Å². The van der Waals surface area contributed by atoms with E-state index in [1.54, 1.807) is 6.21 Å². The first kappa shape index (κ1) is 15.2. The van der Waals surface area contributed by atoms with Crippen molar-refractivity contribution in [1.29, 1.82) is 0 Å². The number of nitrogens with zero attached hydrogens (tertiary/aromatic N) is 4. The van der Waals surface area contributed by atoms with Gasteiger partial charge in [-0.05, 0) is 5.56 Å². The lowest BCUT2D eigenvalue weighted by atomic mass is 10.1. The van der Waals surface area contributed by atoms with Crippen LogP contribution in [0, 0.1) is 0 Å². The Bertz CT molecular complexity index is 962. The van der Waals surface area contributed by atoms with Gasteiger partial charge in [-0.25, -0.2) is 4.98 Å². The van der Waals surface area contributed by atoms with Gasteiger partial charge < -0.3 is 4.52 Å². The van der Waals surface area contributed by atoms with Gasteiger partial charge in [-0.15, -0.1) is 11.3 Å². The van der Waals surface area contributed by atoms with E-state index < -0.39 is 0 Å². The Balaban J connectivity index is 1.40. The van der Waals surface area contributed by atoms with E-state index in [2.05, 4.69) is 25.7 Å². The van der Waals surface area contributed by atoms with Gasteiger partial charge in [0, 0.05) is 16.5 Å². The van der Waals surface area contributed by atoms with Crippen LogP contribution in [0.3, 0.4) is 0 Å². The Labute approximate surface area is 147 Å². The van der Waals surface area contributed by atoms with E-state index in [1.165, 1.54) is 17.7 Å². The highest BCUT2D eigenvalue weighted by Gasteiger charge is 2.03. The van der Waals surface area contributed by atoms with Crippen LogP contribution in [0.1, 0.15) is 5.56 Å². The van der Waals surface area contributed by atoms with Crippen LogP contribution in [0.2, 0.25) is 0 Å². The summed E-state index contributed by atoms with van der Waals surface area (Å²) < 4.78 is 4.74. The van der Waals surface area contributed by atoms with Gasteiger partial charge in [0.15, 0.2) is 0 Å². The molecule has 0 spiro atoms. The highest BCUT2D eigenvalue weighted by Crippen LogP contribution is 2.24. The van der Waals surface area contributed by atoms with Crippen molar-refractivity contribution in [3.63, 3.8) is 0 Å². The molecule has 2 aromatic carbocycles. The fraction of sp³-hybridized carbons (Fsp3) is 0. The molecule has 122 valence electrons. The SMILES string of the molecule is C(=NNc1nc(-c2ccccc2)cs1)c1ccc(-c2ncon2)cc1. The van der Waals surface area contributed by atoms with Crippen LogP contribution in [-0.4, -0.2) is 21.3 Å². The van der Waals surface area contributed by atoms with Crippen molar-refractivity contribution < 1.29 is 4.52 Å². The molecule has 0 unspecified atom stereocenters. The Kier molecular flexibility index (Phi) is 4.30. The van der Waals surface area contributed by atoms with E-state index in [1.807, 2.05) is 60.0 Å². The molecule has 0 atom stereocenters. The fourth-order valence-electron chi connectivity index (χ4n) is 2.24. The zero-order chi connectivity index (χ0) is 16.9. The van der Waals surface area contributed by atoms with Gasteiger partial charge in [0.2, 0.25) is 17.3 Å². The van der Waals surface area contributed by atoms with Gasteiger partial charge in [-0.2, -0.15) is 10.1 Å². The third kappa shape index (κ3) is 3.61. The number of hydrogen-bond acceptors (Lipinski definition) is 7. The molecule has 0 aliphatic heterocycles. The number of nitrogens with one attached hydrogen (secondary N) is 1. The average Bonchev–Trinajstić information content (AvgIpc) is 3.35. The quantitative estimate of drug-likeness (QED) is 0.430. The zero-order valence-corrected chi connectivity index (χ0v) is 13.9. The molecule has 0 aliphatic carbocycles. The maximum atomic E-state index is 4.74. The second-order valence-corrected chi connectivity index (χ2v) is 6.01. The normalized spacial score (nSPS) is 11.0. The summed E-state index contributed by atoms with van der Waals surface area (Å²) in [5.41, 5.74) is 6.84. The molecule has 0 saturated carbocycles.